The summed E-state index contributed by atoms with van der Waals surface area (Å²) in [7, 11) is 0. The van der Waals surface area contributed by atoms with Gasteiger partial charge in [-0.25, -0.2) is 0 Å². The second kappa shape index (κ2) is 9.42. The summed E-state index contributed by atoms with van der Waals surface area (Å²) in [5.74, 6) is 0.530. The lowest BCUT2D eigenvalue weighted by Gasteiger charge is -2.08. The third-order valence-electron chi connectivity index (χ3n) is 3.65. The molecular weight excluding hydrogens is 314 g/mol. The number of ether oxygens (including phenoxy) is 1. The average molecular weight is 337 g/mol. The van der Waals surface area contributed by atoms with Gasteiger partial charge in [0.15, 0.2) is 5.78 Å². The molecule has 0 saturated carbocycles. The molecule has 0 aliphatic carbocycles. The van der Waals surface area contributed by atoms with Gasteiger partial charge in [-0.2, -0.15) is 0 Å². The van der Waals surface area contributed by atoms with Gasteiger partial charge in [-0.1, -0.05) is 31.5 Å². The molecule has 0 unspecified atom stereocenters. The number of unbranched alkanes of at least 4 members (excludes halogenated alkanes) is 1. The summed E-state index contributed by atoms with van der Waals surface area (Å²) in [6.07, 6.45) is 5.28. The predicted molar refractivity (Wildman–Crippen MR) is 101 cm³/mol. The van der Waals surface area contributed by atoms with E-state index in [0.717, 1.165) is 24.2 Å². The molecule has 0 fully saturated rings. The molecule has 0 heterocycles. The number of nitrogens with one attached hydrogen (secondary N) is 1. The highest BCUT2D eigenvalue weighted by molar-refractivity contribution is 6.02. The minimum atomic E-state index is -0.237. The van der Waals surface area contributed by atoms with Gasteiger partial charge >= 0.3 is 0 Å². The monoisotopic (exact) mass is 337 g/mol. The van der Waals surface area contributed by atoms with E-state index in [2.05, 4.69) is 12.2 Å². The zero-order chi connectivity index (χ0) is 18.1. The molecule has 0 aliphatic rings. The predicted octanol–water partition coefficient (Wildman–Crippen LogP) is 4.72. The minimum absolute atomic E-state index is 0.00236. The van der Waals surface area contributed by atoms with Crippen LogP contribution in [0.15, 0.2) is 54.6 Å². The Morgan fingerprint density at radius 3 is 2.48 bits per heavy atom. The quantitative estimate of drug-likeness (QED) is 0.431. The van der Waals surface area contributed by atoms with Crippen molar-refractivity contribution in [2.75, 3.05) is 11.9 Å². The standard InChI is InChI=1S/C21H23NO3/c1-3-4-15-25-20-8-6-5-7-18(20)11-14-21(24)22-19-12-9-17(10-13-19)16(2)23/h5-14H,3-4,15H2,1-2H3,(H,22,24). The van der Waals surface area contributed by atoms with E-state index in [9.17, 15) is 9.59 Å². The van der Waals surface area contributed by atoms with E-state index in [0.29, 0.717) is 17.9 Å². The van der Waals surface area contributed by atoms with E-state index >= 15 is 0 Å². The average Bonchev–Trinajstić information content (AvgIpc) is 2.61. The van der Waals surface area contributed by atoms with Crippen LogP contribution < -0.4 is 10.1 Å². The summed E-state index contributed by atoms with van der Waals surface area (Å²) in [5, 5.41) is 2.77. The number of para-hydroxylation sites is 1. The van der Waals surface area contributed by atoms with Crippen molar-refractivity contribution >= 4 is 23.5 Å². The number of rotatable bonds is 8. The molecule has 0 atom stereocenters. The Labute approximate surface area is 148 Å². The van der Waals surface area contributed by atoms with Crippen LogP contribution in [-0.4, -0.2) is 18.3 Å². The van der Waals surface area contributed by atoms with Gasteiger partial charge in [0, 0.05) is 22.9 Å². The lowest BCUT2D eigenvalue weighted by atomic mass is 10.1. The first-order valence-corrected chi connectivity index (χ1v) is 8.42. The molecule has 4 nitrogen and oxygen atoms in total. The van der Waals surface area contributed by atoms with Crippen LogP contribution in [0.1, 0.15) is 42.6 Å². The maximum absolute atomic E-state index is 12.1. The third kappa shape index (κ3) is 5.92. The number of hydrogen-bond donors (Lipinski definition) is 1. The van der Waals surface area contributed by atoms with E-state index in [4.69, 9.17) is 4.74 Å². The number of hydrogen-bond acceptors (Lipinski definition) is 3. The van der Waals surface area contributed by atoms with Gasteiger partial charge in [0.05, 0.1) is 6.61 Å². The van der Waals surface area contributed by atoms with E-state index in [-0.39, 0.29) is 11.7 Å². The highest BCUT2D eigenvalue weighted by atomic mass is 16.5. The number of carbonyl (C=O) groups excluding carboxylic acids is 2. The number of carbonyl (C=O) groups is 2. The van der Waals surface area contributed by atoms with Crippen LogP contribution in [0.5, 0.6) is 5.75 Å². The molecule has 0 saturated heterocycles. The topological polar surface area (TPSA) is 55.4 Å². The van der Waals surface area contributed by atoms with Crippen LogP contribution in [0.25, 0.3) is 6.08 Å². The van der Waals surface area contributed by atoms with Crippen molar-refractivity contribution in [3.8, 4) is 5.75 Å². The first-order valence-electron chi connectivity index (χ1n) is 8.42. The second-order valence-corrected chi connectivity index (χ2v) is 5.70. The van der Waals surface area contributed by atoms with Gasteiger partial charge in [-0.15, -0.1) is 0 Å². The van der Waals surface area contributed by atoms with Crippen molar-refractivity contribution < 1.29 is 14.3 Å². The van der Waals surface area contributed by atoms with Gasteiger partial charge in [0.25, 0.3) is 0 Å². The summed E-state index contributed by atoms with van der Waals surface area (Å²) in [5.41, 5.74) is 2.12. The molecule has 0 aromatic heterocycles. The molecular formula is C21H23NO3. The Bertz CT molecular complexity index is 748. The summed E-state index contributed by atoms with van der Waals surface area (Å²) < 4.78 is 5.75. The zero-order valence-electron chi connectivity index (χ0n) is 14.6. The Morgan fingerprint density at radius 1 is 1.08 bits per heavy atom. The Balaban J connectivity index is 1.99. The fourth-order valence-electron chi connectivity index (χ4n) is 2.21. The van der Waals surface area contributed by atoms with Gasteiger partial charge < -0.3 is 10.1 Å². The normalized spacial score (nSPS) is 10.6. The minimum Gasteiger partial charge on any atom is -0.493 e. The maximum Gasteiger partial charge on any atom is 0.248 e. The molecule has 1 N–H and O–H groups in total. The van der Waals surface area contributed by atoms with Crippen molar-refractivity contribution in [1.82, 2.24) is 0 Å². The van der Waals surface area contributed by atoms with E-state index < -0.39 is 0 Å². The maximum atomic E-state index is 12.1. The lowest BCUT2D eigenvalue weighted by molar-refractivity contribution is -0.111. The van der Waals surface area contributed by atoms with Gasteiger partial charge in [0.2, 0.25) is 5.91 Å². The smallest absolute Gasteiger partial charge is 0.248 e. The van der Waals surface area contributed by atoms with Crippen molar-refractivity contribution in [2.24, 2.45) is 0 Å². The first-order chi connectivity index (χ1) is 12.1. The Kier molecular flexibility index (Phi) is 6.96. The molecule has 0 aliphatic heterocycles. The van der Waals surface area contributed by atoms with Gasteiger partial charge in [0.1, 0.15) is 5.75 Å². The number of amides is 1. The molecule has 2 rings (SSSR count). The van der Waals surface area contributed by atoms with Crippen LogP contribution in [0, 0.1) is 0 Å². The summed E-state index contributed by atoms with van der Waals surface area (Å²) in [4.78, 5) is 23.3. The SMILES string of the molecule is CCCCOc1ccccc1C=CC(=O)Nc1ccc(C(C)=O)cc1. The Morgan fingerprint density at radius 2 is 1.80 bits per heavy atom. The fourth-order valence-corrected chi connectivity index (χ4v) is 2.21. The molecule has 2 aromatic carbocycles. The zero-order valence-corrected chi connectivity index (χ0v) is 14.6. The molecule has 2 aromatic rings. The molecule has 1 amide bonds. The largest absolute Gasteiger partial charge is 0.493 e. The molecule has 130 valence electrons. The number of Topliss-reactive ketones (excluding diaryl/α,β-unsaturated/α-hetero) is 1. The van der Waals surface area contributed by atoms with Gasteiger partial charge in [-0.3, -0.25) is 9.59 Å². The van der Waals surface area contributed by atoms with Gasteiger partial charge in [-0.05, 0) is 49.8 Å². The summed E-state index contributed by atoms with van der Waals surface area (Å²) >= 11 is 0. The summed E-state index contributed by atoms with van der Waals surface area (Å²) in [6.45, 7) is 4.29. The first kappa shape index (κ1) is 18.5. The lowest BCUT2D eigenvalue weighted by Crippen LogP contribution is -2.08. The Hall–Kier alpha value is -2.88. The van der Waals surface area contributed by atoms with Crippen LogP contribution in [0.4, 0.5) is 5.69 Å². The summed E-state index contributed by atoms with van der Waals surface area (Å²) in [6, 6.07) is 14.4. The number of benzene rings is 2. The molecule has 0 bridgehead atoms. The molecule has 0 radical (unpaired) electrons. The highest BCUT2D eigenvalue weighted by Crippen LogP contribution is 2.20. The van der Waals surface area contributed by atoms with Crippen LogP contribution in [0.2, 0.25) is 0 Å². The fraction of sp³-hybridized carbons (Fsp3) is 0.238. The third-order valence-corrected chi connectivity index (χ3v) is 3.65. The molecule has 4 heteroatoms. The van der Waals surface area contributed by atoms with Crippen molar-refractivity contribution in [3.05, 3.63) is 65.7 Å². The second-order valence-electron chi connectivity index (χ2n) is 5.70. The number of ketones is 1. The van der Waals surface area contributed by atoms with Crippen LogP contribution in [0.3, 0.4) is 0 Å². The number of anilines is 1. The van der Waals surface area contributed by atoms with Crippen molar-refractivity contribution in [3.63, 3.8) is 0 Å². The van der Waals surface area contributed by atoms with Crippen molar-refractivity contribution in [1.29, 1.82) is 0 Å². The molecule has 0 spiro atoms. The van der Waals surface area contributed by atoms with Crippen molar-refractivity contribution in [2.45, 2.75) is 26.7 Å². The highest BCUT2D eigenvalue weighted by Gasteiger charge is 2.03. The van der Waals surface area contributed by atoms with E-state index in [1.54, 1.807) is 30.3 Å². The van der Waals surface area contributed by atoms with Crippen LogP contribution >= 0.6 is 0 Å². The molecule has 25 heavy (non-hydrogen) atoms. The van der Waals surface area contributed by atoms with E-state index in [1.807, 2.05) is 24.3 Å². The van der Waals surface area contributed by atoms with Crippen LogP contribution in [-0.2, 0) is 4.79 Å². The van der Waals surface area contributed by atoms with E-state index in [1.165, 1.54) is 13.0 Å².